The SMILES string of the molecule is CCCCC[Si]1(CCCCC)C2=Cc3c(-c4cccc(C(C)(C)C)c4)cccc3[CH]2[Hf]([CH3])([CH3])[CH]2C1=Cc1c(-c3cccc(C(C)(C)C)c3)cccc12. The topological polar surface area (TPSA) is 0 Å². The Morgan fingerprint density at radius 2 is 0.942 bits per heavy atom. The van der Waals surface area contributed by atoms with E-state index in [-0.39, 0.29) is 10.8 Å². The molecular weight excluding hydrogens is 807 g/mol. The second-order valence-electron chi connectivity index (χ2n) is 19.2. The molecule has 4 aromatic rings. The van der Waals surface area contributed by atoms with Crippen LogP contribution in [0.5, 0.6) is 0 Å². The normalized spacial score (nSPS) is 19.7. The van der Waals surface area contributed by atoms with Crippen molar-refractivity contribution >= 4 is 20.2 Å². The van der Waals surface area contributed by atoms with Gasteiger partial charge in [0, 0.05) is 0 Å². The summed E-state index contributed by atoms with van der Waals surface area (Å²) in [4.78, 5) is 0. The van der Waals surface area contributed by atoms with Crippen molar-refractivity contribution < 1.29 is 20.0 Å². The summed E-state index contributed by atoms with van der Waals surface area (Å²) in [6.07, 6.45) is 13.7. The standard InChI is InChI=1S/C48H58Si.2CH3.Hf/c1-9-11-13-27-49(28-14-12-10-2,41-31-37-21-17-25-43(45(37)33-41)35-19-15-23-39(29-35)47(3,4)5)42-32-38-22-18-26-44(46(38)34-42)36-20-16-24-40(30-36)48(6,7)8;;;/h15-26,29-34H,9-14,27-28H2,1-8H3;2*1H3;. The molecule has 0 nitrogen and oxygen atoms in total. The van der Waals surface area contributed by atoms with E-state index in [9.17, 15) is 0 Å². The zero-order chi connectivity index (χ0) is 37.1. The molecule has 2 heteroatoms. The third-order valence-corrected chi connectivity index (χ3v) is 35.9. The molecule has 1 aliphatic heterocycles. The molecule has 1 heterocycles. The molecule has 0 aromatic heterocycles. The van der Waals surface area contributed by atoms with E-state index in [0.29, 0.717) is 7.35 Å². The first kappa shape index (κ1) is 37.8. The van der Waals surface area contributed by atoms with Gasteiger partial charge in [0.2, 0.25) is 0 Å². The van der Waals surface area contributed by atoms with Gasteiger partial charge >= 0.3 is 325 Å². The van der Waals surface area contributed by atoms with Crippen molar-refractivity contribution in [1.82, 2.24) is 0 Å². The number of hydrogen-bond acceptors (Lipinski definition) is 0. The zero-order valence-electron chi connectivity index (χ0n) is 34.0. The van der Waals surface area contributed by atoms with Crippen LogP contribution in [0.1, 0.15) is 135 Å². The number of allylic oxidation sites excluding steroid dienone is 2. The Hall–Kier alpha value is -2.55. The molecule has 52 heavy (non-hydrogen) atoms. The minimum atomic E-state index is -3.18. The van der Waals surface area contributed by atoms with E-state index < -0.39 is 28.0 Å². The molecule has 4 aromatic carbocycles. The number of fused-ring (bicyclic) bond motifs is 6. The van der Waals surface area contributed by atoms with Gasteiger partial charge in [-0.2, -0.15) is 0 Å². The number of rotatable bonds is 10. The fraction of sp³-hybridized carbons (Fsp3) is 0.440. The van der Waals surface area contributed by atoms with Gasteiger partial charge in [0.15, 0.2) is 0 Å². The molecular formula is C50H64HfSi. The summed E-state index contributed by atoms with van der Waals surface area (Å²) in [6, 6.07) is 36.6. The predicted octanol–water partition coefficient (Wildman–Crippen LogP) is 15.4. The number of hydrogen-bond donors (Lipinski definition) is 0. The van der Waals surface area contributed by atoms with E-state index in [4.69, 9.17) is 0 Å². The minimum absolute atomic E-state index is 0.129. The Balaban J connectivity index is 1.46. The third kappa shape index (κ3) is 6.50. The summed E-state index contributed by atoms with van der Waals surface area (Å²) >= 11 is -3.18. The molecule has 272 valence electrons. The molecule has 3 aliphatic rings. The van der Waals surface area contributed by atoms with Crippen LogP contribution in [-0.4, -0.2) is 8.07 Å². The molecule has 2 unspecified atom stereocenters. The van der Waals surface area contributed by atoms with Gasteiger partial charge in [-0.15, -0.1) is 0 Å². The summed E-state index contributed by atoms with van der Waals surface area (Å²) in [7, 11) is -2.05. The number of unbranched alkanes of at least 4 members (excludes halogenated alkanes) is 4. The van der Waals surface area contributed by atoms with E-state index in [1.165, 1.54) is 84.0 Å². The van der Waals surface area contributed by atoms with Crippen LogP contribution in [0, 0.1) is 0 Å². The van der Waals surface area contributed by atoms with Crippen LogP contribution in [0.25, 0.3) is 34.4 Å². The van der Waals surface area contributed by atoms with Crippen LogP contribution in [-0.2, 0) is 30.8 Å². The van der Waals surface area contributed by atoms with Crippen LogP contribution in [0.4, 0.5) is 0 Å². The summed E-state index contributed by atoms with van der Waals surface area (Å²) in [5, 5.41) is 3.90. The van der Waals surface area contributed by atoms with Gasteiger partial charge in [-0.3, -0.25) is 0 Å². The average Bonchev–Trinajstić information content (AvgIpc) is 3.72. The Kier molecular flexibility index (Phi) is 10.4. The van der Waals surface area contributed by atoms with Gasteiger partial charge in [0.1, 0.15) is 0 Å². The van der Waals surface area contributed by atoms with Crippen molar-refractivity contribution in [3.63, 3.8) is 0 Å². The molecule has 1 saturated heterocycles. The molecule has 7 rings (SSSR count). The van der Waals surface area contributed by atoms with Gasteiger partial charge in [-0.1, -0.05) is 0 Å². The van der Waals surface area contributed by atoms with Gasteiger partial charge in [0.05, 0.1) is 0 Å². The molecule has 0 radical (unpaired) electrons. The van der Waals surface area contributed by atoms with E-state index in [2.05, 4.69) is 162 Å². The Bertz CT molecular complexity index is 1880. The first-order valence-electron chi connectivity index (χ1n) is 20.6. The first-order valence-corrected chi connectivity index (χ1v) is 34.4. The summed E-state index contributed by atoms with van der Waals surface area (Å²) in [6.45, 7) is 18.9. The molecule has 2 atom stereocenters. The van der Waals surface area contributed by atoms with Crippen molar-refractivity contribution in [2.24, 2.45) is 0 Å². The molecule has 0 N–H and O–H groups in total. The van der Waals surface area contributed by atoms with Gasteiger partial charge in [0.25, 0.3) is 0 Å². The Morgan fingerprint density at radius 3 is 1.33 bits per heavy atom. The summed E-state index contributed by atoms with van der Waals surface area (Å²) < 4.78 is 7.04. The molecule has 0 bridgehead atoms. The first-order chi connectivity index (χ1) is 24.7. The maximum absolute atomic E-state index is 3.18. The van der Waals surface area contributed by atoms with Crippen LogP contribution < -0.4 is 0 Å². The van der Waals surface area contributed by atoms with Crippen molar-refractivity contribution in [2.75, 3.05) is 0 Å². The molecule has 0 amide bonds. The van der Waals surface area contributed by atoms with Gasteiger partial charge < -0.3 is 0 Å². The maximum atomic E-state index is 2.85. The summed E-state index contributed by atoms with van der Waals surface area (Å²) in [5.74, 6) is 0. The van der Waals surface area contributed by atoms with Crippen molar-refractivity contribution in [1.29, 1.82) is 0 Å². The van der Waals surface area contributed by atoms with Crippen LogP contribution in [0.2, 0.25) is 21.4 Å². The second kappa shape index (κ2) is 14.3. The van der Waals surface area contributed by atoms with Crippen molar-refractivity contribution in [3.05, 3.63) is 129 Å². The fourth-order valence-electron chi connectivity index (χ4n) is 10.4. The molecule has 1 fully saturated rings. The predicted molar refractivity (Wildman–Crippen MR) is 229 cm³/mol. The number of benzene rings is 4. The van der Waals surface area contributed by atoms with Crippen molar-refractivity contribution in [3.8, 4) is 22.3 Å². The van der Waals surface area contributed by atoms with Crippen molar-refractivity contribution in [2.45, 2.75) is 134 Å². The van der Waals surface area contributed by atoms with E-state index in [1.54, 1.807) is 22.3 Å². The second-order valence-corrected chi connectivity index (χ2v) is 40.7. The fourth-order valence-corrected chi connectivity index (χ4v) is 43.3. The van der Waals surface area contributed by atoms with Gasteiger partial charge in [-0.05, 0) is 0 Å². The third-order valence-electron chi connectivity index (χ3n) is 13.2. The molecule has 0 saturated carbocycles. The van der Waals surface area contributed by atoms with E-state index >= 15 is 0 Å². The van der Waals surface area contributed by atoms with Crippen LogP contribution in [0.15, 0.2) is 95.3 Å². The van der Waals surface area contributed by atoms with E-state index in [1.807, 2.05) is 10.4 Å². The molecule has 0 spiro atoms. The Labute approximate surface area is 322 Å². The van der Waals surface area contributed by atoms with Crippen LogP contribution in [0.3, 0.4) is 0 Å². The monoisotopic (exact) mass is 872 g/mol. The average molecular weight is 872 g/mol. The zero-order valence-corrected chi connectivity index (χ0v) is 38.6. The quantitative estimate of drug-likeness (QED) is 0.110. The summed E-state index contributed by atoms with van der Waals surface area (Å²) in [5.41, 5.74) is 15.3. The van der Waals surface area contributed by atoms with Crippen LogP contribution >= 0.6 is 0 Å². The Morgan fingerprint density at radius 1 is 0.538 bits per heavy atom. The van der Waals surface area contributed by atoms with E-state index in [0.717, 1.165) is 0 Å². The van der Waals surface area contributed by atoms with Gasteiger partial charge in [-0.25, -0.2) is 0 Å². The molecule has 2 aliphatic carbocycles.